The molecule has 0 saturated carbocycles. The van der Waals surface area contributed by atoms with Gasteiger partial charge in [0.05, 0.1) is 0 Å². The van der Waals surface area contributed by atoms with Crippen molar-refractivity contribution in [3.63, 3.8) is 0 Å². The second-order valence-electron chi connectivity index (χ2n) is 5.15. The number of hydrogen-bond acceptors (Lipinski definition) is 1. The molecule has 0 radical (unpaired) electrons. The van der Waals surface area contributed by atoms with Crippen molar-refractivity contribution in [2.24, 2.45) is 5.92 Å². The largest absolute Gasteiger partial charge is 0.299 e. The summed E-state index contributed by atoms with van der Waals surface area (Å²) in [6.45, 7) is 5.77. The van der Waals surface area contributed by atoms with Crippen molar-refractivity contribution in [2.45, 2.75) is 32.7 Å². The van der Waals surface area contributed by atoms with Crippen LogP contribution >= 0.6 is 11.6 Å². The highest BCUT2D eigenvalue weighted by atomic mass is 35.5. The first kappa shape index (κ1) is 12.9. The molecule has 0 aliphatic carbocycles. The van der Waals surface area contributed by atoms with Crippen LogP contribution in [-0.4, -0.2) is 23.9 Å². The van der Waals surface area contributed by atoms with Gasteiger partial charge < -0.3 is 0 Å². The topological polar surface area (TPSA) is 3.24 Å². The second kappa shape index (κ2) is 6.42. The Balaban J connectivity index is 1.92. The van der Waals surface area contributed by atoms with E-state index in [0.717, 1.165) is 18.3 Å². The minimum absolute atomic E-state index is 0.808. The number of benzene rings is 1. The Bertz CT molecular complexity index is 349. The van der Waals surface area contributed by atoms with E-state index in [1.54, 1.807) is 0 Å². The number of aryl methyl sites for hydroxylation is 1. The number of likely N-dealkylation sites (tertiary alicyclic amines) is 1. The molecule has 2 rings (SSSR count). The van der Waals surface area contributed by atoms with E-state index in [1.165, 1.54) is 43.5 Å². The maximum absolute atomic E-state index is 5.85. The Kier molecular flexibility index (Phi) is 4.87. The van der Waals surface area contributed by atoms with Gasteiger partial charge in [0.15, 0.2) is 0 Å². The second-order valence-corrected chi connectivity index (χ2v) is 5.53. The van der Waals surface area contributed by atoms with Crippen molar-refractivity contribution in [1.29, 1.82) is 0 Å². The van der Waals surface area contributed by atoms with E-state index in [1.807, 2.05) is 0 Å². The fourth-order valence-electron chi connectivity index (χ4n) is 2.71. The molecule has 2 heteroatoms. The summed E-state index contributed by atoms with van der Waals surface area (Å²) < 4.78 is 0. The van der Waals surface area contributed by atoms with Gasteiger partial charge in [-0.25, -0.2) is 0 Å². The zero-order chi connectivity index (χ0) is 12.1. The number of alkyl halides is 1. The molecule has 1 atom stereocenters. The summed E-state index contributed by atoms with van der Waals surface area (Å²) in [6, 6.07) is 8.71. The van der Waals surface area contributed by atoms with Gasteiger partial charge in [0.25, 0.3) is 0 Å². The third-order valence-electron chi connectivity index (χ3n) is 3.78. The summed E-state index contributed by atoms with van der Waals surface area (Å²) in [5, 5.41) is 0. The molecule has 1 aromatic carbocycles. The van der Waals surface area contributed by atoms with Gasteiger partial charge in [0.1, 0.15) is 0 Å². The number of rotatable bonds is 4. The van der Waals surface area contributed by atoms with E-state index in [4.69, 9.17) is 11.6 Å². The molecule has 17 heavy (non-hydrogen) atoms. The van der Waals surface area contributed by atoms with Crippen LogP contribution in [0.4, 0.5) is 0 Å². The third-order valence-corrected chi connectivity index (χ3v) is 3.99. The Hall–Kier alpha value is -0.530. The Morgan fingerprint density at radius 2 is 2.18 bits per heavy atom. The van der Waals surface area contributed by atoms with E-state index in [-0.39, 0.29) is 0 Å². The Labute approximate surface area is 110 Å². The van der Waals surface area contributed by atoms with E-state index in [2.05, 4.69) is 36.1 Å². The van der Waals surface area contributed by atoms with Crippen LogP contribution in [0.25, 0.3) is 0 Å². The first-order valence-corrected chi connectivity index (χ1v) is 7.16. The molecular formula is C15H22ClN. The maximum Gasteiger partial charge on any atom is 0.0236 e. The molecule has 1 aromatic rings. The first-order valence-electron chi connectivity index (χ1n) is 6.62. The van der Waals surface area contributed by atoms with E-state index in [9.17, 15) is 0 Å². The van der Waals surface area contributed by atoms with Crippen LogP contribution in [0.1, 0.15) is 30.4 Å². The van der Waals surface area contributed by atoms with Gasteiger partial charge in [-0.3, -0.25) is 4.90 Å². The summed E-state index contributed by atoms with van der Waals surface area (Å²) in [5.74, 6) is 1.62. The highest BCUT2D eigenvalue weighted by molar-refractivity contribution is 6.17. The lowest BCUT2D eigenvalue weighted by Crippen LogP contribution is -2.35. The number of piperidine rings is 1. The minimum atomic E-state index is 0.808. The maximum atomic E-state index is 5.85. The van der Waals surface area contributed by atoms with Crippen molar-refractivity contribution in [2.75, 3.05) is 19.0 Å². The Morgan fingerprint density at radius 1 is 1.35 bits per heavy atom. The number of nitrogens with zero attached hydrogens (tertiary/aromatic N) is 1. The number of halogens is 1. The molecule has 0 bridgehead atoms. The normalized spacial score (nSPS) is 21.6. The van der Waals surface area contributed by atoms with Crippen LogP contribution in [-0.2, 0) is 6.54 Å². The lowest BCUT2D eigenvalue weighted by Gasteiger charge is -2.32. The third kappa shape index (κ3) is 3.72. The number of hydrogen-bond donors (Lipinski definition) is 0. The van der Waals surface area contributed by atoms with Gasteiger partial charge in [-0.15, -0.1) is 11.6 Å². The zero-order valence-electron chi connectivity index (χ0n) is 10.7. The van der Waals surface area contributed by atoms with Crippen LogP contribution in [0, 0.1) is 12.8 Å². The minimum Gasteiger partial charge on any atom is -0.299 e. The van der Waals surface area contributed by atoms with Crippen molar-refractivity contribution < 1.29 is 0 Å². The molecule has 1 unspecified atom stereocenters. The van der Waals surface area contributed by atoms with Gasteiger partial charge in [0, 0.05) is 19.0 Å². The highest BCUT2D eigenvalue weighted by Crippen LogP contribution is 2.22. The average Bonchev–Trinajstić information content (AvgIpc) is 2.33. The lowest BCUT2D eigenvalue weighted by atomic mass is 9.95. The lowest BCUT2D eigenvalue weighted by molar-refractivity contribution is 0.165. The molecule has 0 spiro atoms. The monoisotopic (exact) mass is 251 g/mol. The quantitative estimate of drug-likeness (QED) is 0.735. The smallest absolute Gasteiger partial charge is 0.0236 e. The summed E-state index contributed by atoms with van der Waals surface area (Å²) in [6.07, 6.45) is 3.86. The first-order chi connectivity index (χ1) is 8.29. The molecule has 1 nitrogen and oxygen atoms in total. The van der Waals surface area contributed by atoms with Gasteiger partial charge in [-0.05, 0) is 49.8 Å². The Morgan fingerprint density at radius 3 is 2.94 bits per heavy atom. The molecule has 0 N–H and O–H groups in total. The fraction of sp³-hybridized carbons (Fsp3) is 0.600. The molecule has 94 valence electrons. The summed E-state index contributed by atoms with van der Waals surface area (Å²) in [7, 11) is 0. The summed E-state index contributed by atoms with van der Waals surface area (Å²) in [5.41, 5.74) is 2.88. The standard InChI is InChI=1S/C15H22ClN/c1-13-5-2-3-7-15(13)12-17-10-4-6-14(11-17)8-9-16/h2-3,5,7,14H,4,6,8-12H2,1H3. The molecule has 1 saturated heterocycles. The summed E-state index contributed by atoms with van der Waals surface area (Å²) >= 11 is 5.85. The molecule has 1 fully saturated rings. The predicted octanol–water partition coefficient (Wildman–Crippen LogP) is 3.84. The molecular weight excluding hydrogens is 230 g/mol. The molecule has 0 amide bonds. The van der Waals surface area contributed by atoms with Crippen LogP contribution < -0.4 is 0 Å². The SMILES string of the molecule is Cc1ccccc1CN1CCCC(CCCl)C1. The van der Waals surface area contributed by atoms with Crippen LogP contribution in [0.5, 0.6) is 0 Å². The molecule has 1 heterocycles. The average molecular weight is 252 g/mol. The van der Waals surface area contributed by atoms with Gasteiger partial charge >= 0.3 is 0 Å². The van der Waals surface area contributed by atoms with Crippen LogP contribution in [0.2, 0.25) is 0 Å². The van der Waals surface area contributed by atoms with Crippen molar-refractivity contribution in [3.8, 4) is 0 Å². The van der Waals surface area contributed by atoms with Gasteiger partial charge in [-0.2, -0.15) is 0 Å². The molecule has 1 aliphatic rings. The van der Waals surface area contributed by atoms with Crippen LogP contribution in [0.15, 0.2) is 24.3 Å². The highest BCUT2D eigenvalue weighted by Gasteiger charge is 2.19. The van der Waals surface area contributed by atoms with Crippen molar-refractivity contribution >= 4 is 11.6 Å². The van der Waals surface area contributed by atoms with Crippen LogP contribution in [0.3, 0.4) is 0 Å². The predicted molar refractivity (Wildman–Crippen MR) is 74.5 cm³/mol. The summed E-state index contributed by atoms with van der Waals surface area (Å²) in [4.78, 5) is 2.59. The van der Waals surface area contributed by atoms with Gasteiger partial charge in [-0.1, -0.05) is 24.3 Å². The fourth-order valence-corrected chi connectivity index (χ4v) is 3.02. The molecule has 0 aromatic heterocycles. The van der Waals surface area contributed by atoms with Crippen molar-refractivity contribution in [1.82, 2.24) is 4.90 Å². The van der Waals surface area contributed by atoms with E-state index < -0.39 is 0 Å². The van der Waals surface area contributed by atoms with Crippen molar-refractivity contribution in [3.05, 3.63) is 35.4 Å². The zero-order valence-corrected chi connectivity index (χ0v) is 11.4. The van der Waals surface area contributed by atoms with E-state index in [0.29, 0.717) is 0 Å². The van der Waals surface area contributed by atoms with Gasteiger partial charge in [0.2, 0.25) is 0 Å². The van der Waals surface area contributed by atoms with E-state index >= 15 is 0 Å². The molecule has 1 aliphatic heterocycles.